The Labute approximate surface area is 122 Å². The summed E-state index contributed by atoms with van der Waals surface area (Å²) in [5, 5.41) is 12.6. The van der Waals surface area contributed by atoms with Crippen LogP contribution in [-0.4, -0.2) is 46.8 Å². The predicted octanol–water partition coefficient (Wildman–Crippen LogP) is 0.394. The first-order valence-electron chi connectivity index (χ1n) is 7.23. The van der Waals surface area contributed by atoms with Crippen molar-refractivity contribution in [2.45, 2.75) is 31.7 Å². The number of hydrogen-bond donors (Lipinski definition) is 2. The second-order valence-electron chi connectivity index (χ2n) is 5.62. The van der Waals surface area contributed by atoms with Gasteiger partial charge in [0.1, 0.15) is 5.82 Å². The smallest absolute Gasteiger partial charge is 0.356 e. The molecule has 1 aromatic heterocycles. The van der Waals surface area contributed by atoms with E-state index in [4.69, 9.17) is 4.74 Å². The number of carboxylic acid groups (broad SMARTS) is 1. The molecule has 2 unspecified atom stereocenters. The number of imidazole rings is 1. The van der Waals surface area contributed by atoms with Crippen LogP contribution < -0.4 is 5.32 Å². The average molecular weight is 293 g/mol. The van der Waals surface area contributed by atoms with Gasteiger partial charge in [0.15, 0.2) is 5.69 Å². The van der Waals surface area contributed by atoms with E-state index in [2.05, 4.69) is 10.3 Å². The van der Waals surface area contributed by atoms with Gasteiger partial charge in [0.2, 0.25) is 0 Å². The van der Waals surface area contributed by atoms with Crippen molar-refractivity contribution in [1.82, 2.24) is 14.9 Å². The molecule has 2 aliphatic rings. The lowest BCUT2D eigenvalue weighted by Gasteiger charge is -2.24. The van der Waals surface area contributed by atoms with Gasteiger partial charge in [-0.25, -0.2) is 9.78 Å². The van der Waals surface area contributed by atoms with E-state index in [0.717, 1.165) is 25.3 Å². The van der Waals surface area contributed by atoms with Gasteiger partial charge in [-0.3, -0.25) is 4.79 Å². The molecule has 1 aromatic rings. The molecule has 2 aliphatic heterocycles. The minimum Gasteiger partial charge on any atom is -0.476 e. The molecule has 0 amide bonds. The van der Waals surface area contributed by atoms with Crippen LogP contribution in [0.4, 0.5) is 0 Å². The van der Waals surface area contributed by atoms with Crippen molar-refractivity contribution in [2.24, 2.45) is 5.92 Å². The molecule has 7 heteroatoms. The first-order valence-corrected chi connectivity index (χ1v) is 7.23. The number of carbonyl (C=O) groups excluding carboxylic acids is 1. The fourth-order valence-electron chi connectivity index (χ4n) is 3.31. The molecule has 21 heavy (non-hydrogen) atoms. The Balaban J connectivity index is 1.97. The Hall–Kier alpha value is -1.89. The van der Waals surface area contributed by atoms with Crippen LogP contribution in [-0.2, 0) is 22.5 Å². The Bertz CT molecular complexity index is 575. The lowest BCUT2D eigenvalue weighted by Crippen LogP contribution is -2.28. The number of aromatic carboxylic acids is 1. The van der Waals surface area contributed by atoms with E-state index in [0.29, 0.717) is 25.1 Å². The SMILES string of the molecule is COC(=O)C1CCn2c(C3CCNC3)nc(C(=O)O)c2C1. The highest BCUT2D eigenvalue weighted by Gasteiger charge is 2.34. The van der Waals surface area contributed by atoms with Crippen molar-refractivity contribution in [3.05, 3.63) is 17.2 Å². The van der Waals surface area contributed by atoms with Crippen molar-refractivity contribution in [3.8, 4) is 0 Å². The summed E-state index contributed by atoms with van der Waals surface area (Å²) in [4.78, 5) is 27.5. The second kappa shape index (κ2) is 5.48. The van der Waals surface area contributed by atoms with Crippen LogP contribution in [0.5, 0.6) is 0 Å². The fraction of sp³-hybridized carbons (Fsp3) is 0.643. The first-order chi connectivity index (χ1) is 10.1. The first kappa shape index (κ1) is 14.1. The summed E-state index contributed by atoms with van der Waals surface area (Å²) in [6, 6.07) is 0. The van der Waals surface area contributed by atoms with Gasteiger partial charge in [-0.15, -0.1) is 0 Å². The molecular formula is C14H19N3O4. The second-order valence-corrected chi connectivity index (χ2v) is 5.62. The molecule has 0 saturated carbocycles. The number of hydrogen-bond acceptors (Lipinski definition) is 5. The number of ether oxygens (including phenoxy) is 1. The van der Waals surface area contributed by atoms with Crippen LogP contribution in [0.1, 0.15) is 40.8 Å². The summed E-state index contributed by atoms with van der Waals surface area (Å²) in [5.74, 6) is -0.474. The Morgan fingerprint density at radius 2 is 2.24 bits per heavy atom. The molecule has 0 radical (unpaired) electrons. The number of carbonyl (C=O) groups is 2. The Morgan fingerprint density at radius 3 is 2.86 bits per heavy atom. The van der Waals surface area contributed by atoms with Gasteiger partial charge in [-0.2, -0.15) is 0 Å². The number of rotatable bonds is 3. The molecule has 0 aliphatic carbocycles. The molecule has 7 nitrogen and oxygen atoms in total. The van der Waals surface area contributed by atoms with E-state index in [1.807, 2.05) is 4.57 Å². The summed E-state index contributed by atoms with van der Waals surface area (Å²) >= 11 is 0. The maximum absolute atomic E-state index is 11.7. The number of methoxy groups -OCH3 is 1. The molecule has 3 rings (SSSR count). The normalized spacial score (nSPS) is 24.6. The van der Waals surface area contributed by atoms with Crippen LogP contribution >= 0.6 is 0 Å². The highest BCUT2D eigenvalue weighted by Crippen LogP contribution is 2.31. The fourth-order valence-corrected chi connectivity index (χ4v) is 3.31. The van der Waals surface area contributed by atoms with E-state index in [1.165, 1.54) is 7.11 Å². The zero-order valence-electron chi connectivity index (χ0n) is 12.0. The number of carboxylic acids is 1. The number of esters is 1. The van der Waals surface area contributed by atoms with Crippen LogP contribution in [0.15, 0.2) is 0 Å². The maximum Gasteiger partial charge on any atom is 0.356 e. The van der Waals surface area contributed by atoms with E-state index < -0.39 is 5.97 Å². The van der Waals surface area contributed by atoms with Gasteiger partial charge < -0.3 is 19.7 Å². The van der Waals surface area contributed by atoms with Crippen molar-refractivity contribution in [1.29, 1.82) is 0 Å². The largest absolute Gasteiger partial charge is 0.476 e. The average Bonchev–Trinajstić information content (AvgIpc) is 3.12. The van der Waals surface area contributed by atoms with Crippen molar-refractivity contribution in [2.75, 3.05) is 20.2 Å². The molecule has 114 valence electrons. The summed E-state index contributed by atoms with van der Waals surface area (Å²) in [6.07, 6.45) is 2.03. The summed E-state index contributed by atoms with van der Waals surface area (Å²) < 4.78 is 6.79. The lowest BCUT2D eigenvalue weighted by molar-refractivity contribution is -0.146. The van der Waals surface area contributed by atoms with Crippen LogP contribution in [0.2, 0.25) is 0 Å². The van der Waals surface area contributed by atoms with Crippen molar-refractivity contribution in [3.63, 3.8) is 0 Å². The molecule has 0 aromatic carbocycles. The highest BCUT2D eigenvalue weighted by molar-refractivity contribution is 5.87. The van der Waals surface area contributed by atoms with E-state index in [-0.39, 0.29) is 23.5 Å². The molecule has 0 bridgehead atoms. The standard InChI is InChI=1S/C14H19N3O4/c1-21-14(20)8-3-5-17-10(6-8)11(13(18)19)16-12(17)9-2-4-15-7-9/h8-9,15H,2-7H2,1H3,(H,18,19). The topological polar surface area (TPSA) is 93.5 Å². The molecule has 0 spiro atoms. The number of nitrogens with one attached hydrogen (secondary N) is 1. The lowest BCUT2D eigenvalue weighted by atomic mass is 9.94. The van der Waals surface area contributed by atoms with Crippen LogP contribution in [0, 0.1) is 5.92 Å². The van der Waals surface area contributed by atoms with Gasteiger partial charge in [0.25, 0.3) is 0 Å². The Kier molecular flexibility index (Phi) is 3.67. The Morgan fingerprint density at radius 1 is 1.43 bits per heavy atom. The van der Waals surface area contributed by atoms with E-state index in [9.17, 15) is 14.7 Å². The van der Waals surface area contributed by atoms with Gasteiger partial charge in [0.05, 0.1) is 18.7 Å². The third-order valence-electron chi connectivity index (χ3n) is 4.41. The predicted molar refractivity (Wildman–Crippen MR) is 73.2 cm³/mol. The third kappa shape index (κ3) is 2.42. The highest BCUT2D eigenvalue weighted by atomic mass is 16.5. The zero-order chi connectivity index (χ0) is 15.0. The molecule has 2 atom stereocenters. The van der Waals surface area contributed by atoms with Gasteiger partial charge in [0, 0.05) is 25.4 Å². The van der Waals surface area contributed by atoms with E-state index >= 15 is 0 Å². The zero-order valence-corrected chi connectivity index (χ0v) is 12.0. The van der Waals surface area contributed by atoms with Crippen molar-refractivity contribution >= 4 is 11.9 Å². The molecule has 1 fully saturated rings. The van der Waals surface area contributed by atoms with Crippen LogP contribution in [0.25, 0.3) is 0 Å². The molecule has 3 heterocycles. The maximum atomic E-state index is 11.7. The molecule has 1 saturated heterocycles. The minimum absolute atomic E-state index is 0.0884. The molecule has 2 N–H and O–H groups in total. The van der Waals surface area contributed by atoms with Crippen LogP contribution in [0.3, 0.4) is 0 Å². The molecular weight excluding hydrogens is 274 g/mol. The number of fused-ring (bicyclic) bond motifs is 1. The monoisotopic (exact) mass is 293 g/mol. The third-order valence-corrected chi connectivity index (χ3v) is 4.41. The quantitative estimate of drug-likeness (QED) is 0.783. The van der Waals surface area contributed by atoms with Gasteiger partial charge in [-0.05, 0) is 19.4 Å². The number of aromatic nitrogens is 2. The minimum atomic E-state index is -1.03. The van der Waals surface area contributed by atoms with Crippen molar-refractivity contribution < 1.29 is 19.4 Å². The van der Waals surface area contributed by atoms with E-state index in [1.54, 1.807) is 0 Å². The summed E-state index contributed by atoms with van der Waals surface area (Å²) in [6.45, 7) is 2.39. The van der Waals surface area contributed by atoms with Gasteiger partial charge in [-0.1, -0.05) is 0 Å². The summed E-state index contributed by atoms with van der Waals surface area (Å²) in [7, 11) is 1.36. The summed E-state index contributed by atoms with van der Waals surface area (Å²) in [5.41, 5.74) is 0.747. The van der Waals surface area contributed by atoms with Gasteiger partial charge >= 0.3 is 11.9 Å². The number of nitrogens with zero attached hydrogens (tertiary/aromatic N) is 2.